The van der Waals surface area contributed by atoms with Crippen molar-refractivity contribution in [2.24, 2.45) is 5.41 Å². The van der Waals surface area contributed by atoms with E-state index in [2.05, 4.69) is 11.4 Å². The summed E-state index contributed by atoms with van der Waals surface area (Å²) in [4.78, 5) is 27.8. The number of nitriles is 1. The number of hydrogen-bond donors (Lipinski definition) is 3. The predicted octanol–water partition coefficient (Wildman–Crippen LogP) is 7.81. The van der Waals surface area contributed by atoms with Crippen LogP contribution in [0.15, 0.2) is 60.7 Å². The number of aliphatic hydroxyl groups is 1. The second-order valence-electron chi connectivity index (χ2n) is 12.8. The molecule has 1 amide bonds. The smallest absolute Gasteiger partial charge is 0.335 e. The highest BCUT2D eigenvalue weighted by Gasteiger charge is 2.64. The van der Waals surface area contributed by atoms with E-state index in [1.54, 1.807) is 0 Å². The topological polar surface area (TPSA) is 114 Å². The molecule has 0 unspecified atom stereocenters. The number of carboxylic acid groups (broad SMARTS) is 1. The Morgan fingerprint density at radius 2 is 1.74 bits per heavy atom. The van der Waals surface area contributed by atoms with E-state index in [9.17, 15) is 25.1 Å². The number of halogens is 4. The Hall–Kier alpha value is -3.55. The van der Waals surface area contributed by atoms with Crippen molar-refractivity contribution in [2.45, 2.75) is 69.9 Å². The molecule has 0 spiro atoms. The largest absolute Gasteiger partial charge is 0.478 e. The molecule has 11 heteroatoms. The van der Waals surface area contributed by atoms with Crippen molar-refractivity contribution in [3.63, 3.8) is 0 Å². The van der Waals surface area contributed by atoms with Gasteiger partial charge in [0.05, 0.1) is 22.7 Å². The normalized spacial score (nSPS) is 21.6. The second-order valence-corrected chi connectivity index (χ2v) is 13.7. The van der Waals surface area contributed by atoms with E-state index in [0.717, 1.165) is 6.07 Å². The molecule has 1 saturated heterocycles. The number of anilines is 1. The van der Waals surface area contributed by atoms with Gasteiger partial charge in [-0.1, -0.05) is 62.2 Å². The first-order valence-corrected chi connectivity index (χ1v) is 15.8. The van der Waals surface area contributed by atoms with Gasteiger partial charge in [-0.25, -0.2) is 13.6 Å². The van der Waals surface area contributed by atoms with Crippen LogP contribution >= 0.6 is 23.2 Å². The fourth-order valence-corrected chi connectivity index (χ4v) is 6.95. The van der Waals surface area contributed by atoms with E-state index in [1.165, 1.54) is 54.6 Å². The Morgan fingerprint density at radius 3 is 2.33 bits per heavy atom. The van der Waals surface area contributed by atoms with Gasteiger partial charge in [-0.15, -0.1) is 0 Å². The van der Waals surface area contributed by atoms with Gasteiger partial charge in [0.2, 0.25) is 5.91 Å². The number of carbonyl (C=O) groups is 2. The maximum Gasteiger partial charge on any atom is 0.335 e. The number of unbranched alkanes of at least 4 members (excludes halogenated alkanes) is 2. The van der Waals surface area contributed by atoms with Crippen molar-refractivity contribution in [1.82, 2.24) is 4.90 Å². The van der Waals surface area contributed by atoms with Crippen LogP contribution in [0.4, 0.5) is 14.5 Å². The van der Waals surface area contributed by atoms with Gasteiger partial charge >= 0.3 is 5.97 Å². The summed E-state index contributed by atoms with van der Waals surface area (Å²) in [6.07, 6.45) is 2.00. The third-order valence-corrected chi connectivity index (χ3v) is 9.04. The third-order valence-electron chi connectivity index (χ3n) is 8.52. The van der Waals surface area contributed by atoms with Gasteiger partial charge in [0.1, 0.15) is 17.0 Å². The van der Waals surface area contributed by atoms with Crippen LogP contribution in [0.3, 0.4) is 0 Å². The summed E-state index contributed by atoms with van der Waals surface area (Å²) in [5.41, 5.74) is -1.93. The molecule has 0 aliphatic carbocycles. The molecule has 4 atom stereocenters. The molecule has 7 nitrogen and oxygen atoms in total. The predicted molar refractivity (Wildman–Crippen MR) is 174 cm³/mol. The number of benzene rings is 3. The Bertz CT molecular complexity index is 1620. The van der Waals surface area contributed by atoms with Gasteiger partial charge in [-0.05, 0) is 85.7 Å². The van der Waals surface area contributed by atoms with Gasteiger partial charge in [0.25, 0.3) is 0 Å². The zero-order valence-corrected chi connectivity index (χ0v) is 27.4. The average molecular weight is 673 g/mol. The maximum atomic E-state index is 16.2. The Labute approximate surface area is 277 Å². The molecule has 46 heavy (non-hydrogen) atoms. The SMILES string of the molecule is CC(C)(C)C[C@@H]1N(CCCCCO)[C@@H](C(=O)Nc2ccc(C(=O)O)cc2)[C@H](c2cccc(Cl)c2F)[C@@]1(C#N)c1ccc(Cl)cc1F. The molecule has 1 aliphatic rings. The van der Waals surface area contributed by atoms with Crippen molar-refractivity contribution < 1.29 is 28.6 Å². The highest BCUT2D eigenvalue weighted by Crippen LogP contribution is 2.56. The maximum absolute atomic E-state index is 16.2. The lowest BCUT2D eigenvalue weighted by Crippen LogP contribution is -2.48. The van der Waals surface area contributed by atoms with Crippen molar-refractivity contribution in [2.75, 3.05) is 18.5 Å². The molecule has 3 aromatic rings. The highest BCUT2D eigenvalue weighted by atomic mass is 35.5. The van der Waals surface area contributed by atoms with Gasteiger partial charge in [0, 0.05) is 34.8 Å². The van der Waals surface area contributed by atoms with Crippen molar-refractivity contribution >= 4 is 40.8 Å². The summed E-state index contributed by atoms with van der Waals surface area (Å²) in [5.74, 6) is -4.53. The molecule has 1 aliphatic heterocycles. The van der Waals surface area contributed by atoms with E-state index in [-0.39, 0.29) is 39.9 Å². The molecule has 3 N–H and O–H groups in total. The summed E-state index contributed by atoms with van der Waals surface area (Å²) in [7, 11) is 0. The fourth-order valence-electron chi connectivity index (χ4n) is 6.61. The first kappa shape index (κ1) is 35.3. The summed E-state index contributed by atoms with van der Waals surface area (Å²) in [6, 6.07) is 14.4. The minimum absolute atomic E-state index is 0.0125. The summed E-state index contributed by atoms with van der Waals surface area (Å²) in [6.45, 7) is 6.20. The summed E-state index contributed by atoms with van der Waals surface area (Å²) >= 11 is 12.4. The number of carbonyl (C=O) groups excluding carboxylic acids is 1. The Morgan fingerprint density at radius 1 is 1.04 bits per heavy atom. The van der Waals surface area contributed by atoms with E-state index in [0.29, 0.717) is 31.4 Å². The van der Waals surface area contributed by atoms with Gasteiger partial charge in [-0.3, -0.25) is 9.69 Å². The molecular weight excluding hydrogens is 635 g/mol. The molecule has 0 radical (unpaired) electrons. The van der Waals surface area contributed by atoms with Gasteiger partial charge in [0.15, 0.2) is 0 Å². The van der Waals surface area contributed by atoms with Crippen LogP contribution in [0, 0.1) is 28.4 Å². The first-order valence-electron chi connectivity index (χ1n) is 15.1. The Balaban J connectivity index is 2.02. The standard InChI is InChI=1S/C35H37Cl2F2N3O4/c1-34(2,3)19-28-35(20-40,25-15-12-22(36)18-27(25)38)29(24-8-7-9-26(37)30(24)39)31(42(28)16-5-4-6-17-43)32(44)41-23-13-10-21(11-14-23)33(45)46/h7-15,18,28-29,31,43H,4-6,16-17,19H2,1-3H3,(H,41,44)(H,45,46)/t28-,29-,31+,35-/m0/s1. The molecule has 3 aromatic carbocycles. The van der Waals surface area contributed by atoms with Crippen LogP contribution in [0.1, 0.15) is 73.9 Å². The van der Waals surface area contributed by atoms with Crippen LogP contribution in [0.2, 0.25) is 10.0 Å². The number of likely N-dealkylation sites (tertiary alicyclic amines) is 1. The molecule has 4 rings (SSSR count). The zero-order chi connectivity index (χ0) is 33.8. The molecule has 244 valence electrons. The van der Waals surface area contributed by atoms with Gasteiger partial charge in [-0.2, -0.15) is 5.26 Å². The summed E-state index contributed by atoms with van der Waals surface area (Å²) in [5, 5.41) is 32.8. The number of hydrogen-bond acceptors (Lipinski definition) is 5. The average Bonchev–Trinajstić information content (AvgIpc) is 3.25. The minimum atomic E-state index is -1.79. The zero-order valence-electron chi connectivity index (χ0n) is 25.9. The molecule has 1 fully saturated rings. The van der Waals surface area contributed by atoms with Crippen molar-refractivity contribution in [3.8, 4) is 6.07 Å². The molecule has 0 aromatic heterocycles. The van der Waals surface area contributed by atoms with E-state index in [4.69, 9.17) is 23.2 Å². The Kier molecular flexibility index (Phi) is 11.1. The van der Waals surface area contributed by atoms with Crippen LogP contribution in [0.25, 0.3) is 0 Å². The lowest BCUT2D eigenvalue weighted by Gasteiger charge is -2.39. The number of nitrogens with zero attached hydrogens (tertiary/aromatic N) is 2. The molecule has 0 bridgehead atoms. The number of aromatic carboxylic acids is 1. The lowest BCUT2D eigenvalue weighted by atomic mass is 9.62. The highest BCUT2D eigenvalue weighted by molar-refractivity contribution is 6.31. The number of amides is 1. The first-order chi connectivity index (χ1) is 21.7. The number of aliphatic hydroxyl groups excluding tert-OH is 1. The van der Waals surface area contributed by atoms with Crippen LogP contribution in [0.5, 0.6) is 0 Å². The quantitative estimate of drug-likeness (QED) is 0.179. The van der Waals surface area contributed by atoms with Crippen LogP contribution in [-0.4, -0.2) is 52.2 Å². The third kappa shape index (κ3) is 7.21. The van der Waals surface area contributed by atoms with E-state index in [1.807, 2.05) is 25.7 Å². The number of carboxylic acids is 1. The number of nitrogens with one attached hydrogen (secondary N) is 1. The second kappa shape index (κ2) is 14.5. The van der Waals surface area contributed by atoms with Gasteiger partial charge < -0.3 is 15.5 Å². The minimum Gasteiger partial charge on any atom is -0.478 e. The number of rotatable bonds is 11. The molecule has 1 heterocycles. The van der Waals surface area contributed by atoms with E-state index < -0.39 is 52.3 Å². The van der Waals surface area contributed by atoms with Crippen LogP contribution < -0.4 is 5.32 Å². The lowest BCUT2D eigenvalue weighted by molar-refractivity contribution is -0.121. The fraction of sp³-hybridized carbons (Fsp3) is 0.400. The van der Waals surface area contributed by atoms with Crippen LogP contribution in [-0.2, 0) is 10.2 Å². The molecule has 0 saturated carbocycles. The van der Waals surface area contributed by atoms with Crippen molar-refractivity contribution in [1.29, 1.82) is 5.26 Å². The van der Waals surface area contributed by atoms with Crippen molar-refractivity contribution in [3.05, 3.63) is 99.0 Å². The molecular formula is C35H37Cl2F2N3O4. The van der Waals surface area contributed by atoms with E-state index >= 15 is 8.78 Å². The summed E-state index contributed by atoms with van der Waals surface area (Å²) < 4.78 is 32.3. The monoisotopic (exact) mass is 671 g/mol.